The number of amides is 2. The Morgan fingerprint density at radius 3 is 2.55 bits per heavy atom. The largest absolute Gasteiger partial charge is 0.322 e. The molecule has 1 aliphatic heterocycles. The number of anilines is 2. The summed E-state index contributed by atoms with van der Waals surface area (Å²) in [5, 5.41) is 3.53. The number of aryl methyl sites for hydroxylation is 1. The Morgan fingerprint density at radius 2 is 1.84 bits per heavy atom. The number of nitrogens with one attached hydrogen (secondary N) is 1. The van der Waals surface area contributed by atoms with Gasteiger partial charge in [0.2, 0.25) is 5.91 Å². The van der Waals surface area contributed by atoms with E-state index < -0.39 is 0 Å². The molecule has 1 heterocycles. The van der Waals surface area contributed by atoms with E-state index in [9.17, 15) is 9.59 Å². The number of carbonyl (C=O) groups excluding carboxylic acids is 2. The lowest BCUT2D eigenvalue weighted by molar-refractivity contribution is -0.115. The summed E-state index contributed by atoms with van der Waals surface area (Å²) in [6.07, 6.45) is 0.857. The van der Waals surface area contributed by atoms with Crippen LogP contribution in [0.1, 0.15) is 33.8 Å². The van der Waals surface area contributed by atoms with Crippen molar-refractivity contribution in [1.82, 2.24) is 0 Å². The van der Waals surface area contributed by atoms with E-state index in [1.54, 1.807) is 23.9 Å². The molecule has 31 heavy (non-hydrogen) atoms. The summed E-state index contributed by atoms with van der Waals surface area (Å²) >= 11 is 13.6. The average Bonchev–Trinajstić information content (AvgIpc) is 3.15. The summed E-state index contributed by atoms with van der Waals surface area (Å²) < 4.78 is 0. The molecular weight excluding hydrogens is 451 g/mol. The number of benzene rings is 3. The molecule has 7 heteroatoms. The van der Waals surface area contributed by atoms with Gasteiger partial charge in [0.15, 0.2) is 0 Å². The third-order valence-corrected chi connectivity index (χ3v) is 6.89. The van der Waals surface area contributed by atoms with Gasteiger partial charge in [-0.05, 0) is 53.9 Å². The normalized spacial score (nSPS) is 15.9. The molecule has 0 saturated carbocycles. The van der Waals surface area contributed by atoms with E-state index in [1.807, 2.05) is 47.4 Å². The van der Waals surface area contributed by atoms with Gasteiger partial charge in [0.25, 0.3) is 5.91 Å². The van der Waals surface area contributed by atoms with E-state index in [0.717, 1.165) is 23.2 Å². The molecule has 0 aliphatic carbocycles. The minimum atomic E-state index is -0.307. The summed E-state index contributed by atoms with van der Waals surface area (Å²) in [6, 6.07) is 20.3. The van der Waals surface area contributed by atoms with E-state index in [2.05, 4.69) is 18.3 Å². The standard InChI is InChI=1S/C24H20Cl2N2O2S/c1-2-15-5-3-4-6-21(15)28-22(29)14-31-24(28)16-7-10-18(11-8-16)27-23(30)19-12-9-17(25)13-20(19)26/h3-13,24H,2,14H2,1H3,(H,27,30)/t24-/m1/s1. The molecule has 158 valence electrons. The number of thioether (sulfide) groups is 1. The van der Waals surface area contributed by atoms with Crippen LogP contribution in [0, 0.1) is 0 Å². The van der Waals surface area contributed by atoms with E-state index >= 15 is 0 Å². The lowest BCUT2D eigenvalue weighted by Gasteiger charge is -2.26. The summed E-state index contributed by atoms with van der Waals surface area (Å²) in [5.41, 5.74) is 4.11. The Kier molecular flexibility index (Phi) is 6.56. The maximum absolute atomic E-state index is 12.7. The zero-order valence-corrected chi connectivity index (χ0v) is 19.1. The molecule has 4 nitrogen and oxygen atoms in total. The molecule has 1 N–H and O–H groups in total. The SMILES string of the molecule is CCc1ccccc1N1C(=O)CS[C@@H]1c1ccc(NC(=O)c2ccc(Cl)cc2Cl)cc1. The molecule has 0 radical (unpaired) electrons. The van der Waals surface area contributed by atoms with Crippen LogP contribution < -0.4 is 10.2 Å². The van der Waals surface area contributed by atoms with Crippen molar-refractivity contribution in [1.29, 1.82) is 0 Å². The second-order valence-electron chi connectivity index (χ2n) is 7.11. The first kappa shape index (κ1) is 21.8. The smallest absolute Gasteiger partial charge is 0.257 e. The number of carbonyl (C=O) groups is 2. The average molecular weight is 471 g/mol. The van der Waals surface area contributed by atoms with Gasteiger partial charge in [-0.3, -0.25) is 14.5 Å². The van der Waals surface area contributed by atoms with Crippen molar-refractivity contribution < 1.29 is 9.59 Å². The van der Waals surface area contributed by atoms with Crippen LogP contribution in [0.15, 0.2) is 66.7 Å². The van der Waals surface area contributed by atoms with Crippen LogP contribution in [-0.4, -0.2) is 17.6 Å². The van der Waals surface area contributed by atoms with Gasteiger partial charge in [0.1, 0.15) is 5.37 Å². The molecule has 0 unspecified atom stereocenters. The van der Waals surface area contributed by atoms with Crippen LogP contribution in [0.5, 0.6) is 0 Å². The van der Waals surface area contributed by atoms with Crippen molar-refractivity contribution in [2.45, 2.75) is 18.7 Å². The van der Waals surface area contributed by atoms with Crippen molar-refractivity contribution in [2.75, 3.05) is 16.0 Å². The van der Waals surface area contributed by atoms with E-state index in [0.29, 0.717) is 27.0 Å². The number of nitrogens with zero attached hydrogens (tertiary/aromatic N) is 1. The fraction of sp³-hybridized carbons (Fsp3) is 0.167. The van der Waals surface area contributed by atoms with E-state index in [-0.39, 0.29) is 17.2 Å². The van der Waals surface area contributed by atoms with Crippen molar-refractivity contribution in [2.24, 2.45) is 0 Å². The number of rotatable bonds is 5. The predicted molar refractivity (Wildman–Crippen MR) is 129 cm³/mol. The van der Waals surface area contributed by atoms with Gasteiger partial charge in [-0.15, -0.1) is 11.8 Å². The van der Waals surface area contributed by atoms with E-state index in [4.69, 9.17) is 23.2 Å². The Bertz CT molecular complexity index is 1130. The highest BCUT2D eigenvalue weighted by Crippen LogP contribution is 2.43. The van der Waals surface area contributed by atoms with Gasteiger partial charge in [0.05, 0.1) is 16.3 Å². The summed E-state index contributed by atoms with van der Waals surface area (Å²) in [7, 11) is 0. The molecule has 1 saturated heterocycles. The molecule has 0 aromatic heterocycles. The molecule has 3 aromatic rings. The molecule has 1 atom stereocenters. The zero-order chi connectivity index (χ0) is 22.0. The number of hydrogen-bond donors (Lipinski definition) is 1. The predicted octanol–water partition coefficient (Wildman–Crippen LogP) is 6.59. The Morgan fingerprint density at radius 1 is 1.10 bits per heavy atom. The first-order valence-corrected chi connectivity index (χ1v) is 11.7. The van der Waals surface area contributed by atoms with Gasteiger partial charge >= 0.3 is 0 Å². The van der Waals surface area contributed by atoms with Crippen LogP contribution in [0.2, 0.25) is 10.0 Å². The zero-order valence-electron chi connectivity index (χ0n) is 16.8. The Labute approximate surface area is 195 Å². The van der Waals surface area contributed by atoms with Gasteiger partial charge in [0, 0.05) is 16.4 Å². The molecule has 4 rings (SSSR count). The maximum Gasteiger partial charge on any atom is 0.257 e. The summed E-state index contributed by atoms with van der Waals surface area (Å²) in [5.74, 6) is 0.236. The fourth-order valence-corrected chi connectivity index (χ4v) is 5.24. The Balaban J connectivity index is 1.54. The lowest BCUT2D eigenvalue weighted by atomic mass is 10.1. The highest BCUT2D eigenvalue weighted by Gasteiger charge is 2.34. The quantitative estimate of drug-likeness (QED) is 0.457. The molecule has 3 aromatic carbocycles. The maximum atomic E-state index is 12.7. The van der Waals surface area contributed by atoms with Crippen LogP contribution >= 0.6 is 35.0 Å². The monoisotopic (exact) mass is 470 g/mol. The van der Waals surface area contributed by atoms with Crippen LogP contribution in [-0.2, 0) is 11.2 Å². The van der Waals surface area contributed by atoms with Crippen LogP contribution in [0.3, 0.4) is 0 Å². The molecule has 1 fully saturated rings. The fourth-order valence-electron chi connectivity index (χ4n) is 3.58. The lowest BCUT2D eigenvalue weighted by Crippen LogP contribution is -2.28. The van der Waals surface area contributed by atoms with Gasteiger partial charge in [-0.25, -0.2) is 0 Å². The van der Waals surface area contributed by atoms with Crippen molar-refractivity contribution in [3.05, 3.63) is 93.5 Å². The first-order valence-electron chi connectivity index (χ1n) is 9.86. The van der Waals surface area contributed by atoms with Gasteiger partial charge in [-0.2, -0.15) is 0 Å². The Hall–Kier alpha value is -2.47. The van der Waals surface area contributed by atoms with Crippen molar-refractivity contribution in [3.8, 4) is 0 Å². The van der Waals surface area contributed by atoms with Gasteiger partial charge < -0.3 is 5.32 Å². The minimum Gasteiger partial charge on any atom is -0.322 e. The van der Waals surface area contributed by atoms with Crippen molar-refractivity contribution >= 4 is 58.2 Å². The molecule has 0 bridgehead atoms. The van der Waals surface area contributed by atoms with Crippen LogP contribution in [0.25, 0.3) is 0 Å². The third kappa shape index (κ3) is 4.59. The molecule has 0 spiro atoms. The van der Waals surface area contributed by atoms with Crippen molar-refractivity contribution in [3.63, 3.8) is 0 Å². The highest BCUT2D eigenvalue weighted by atomic mass is 35.5. The third-order valence-electron chi connectivity index (χ3n) is 5.13. The summed E-state index contributed by atoms with van der Waals surface area (Å²) in [4.78, 5) is 27.1. The first-order chi connectivity index (χ1) is 15.0. The second kappa shape index (κ2) is 9.35. The van der Waals surface area contributed by atoms with Crippen LogP contribution in [0.4, 0.5) is 11.4 Å². The number of para-hydroxylation sites is 1. The highest BCUT2D eigenvalue weighted by molar-refractivity contribution is 8.00. The topological polar surface area (TPSA) is 49.4 Å². The molecular formula is C24H20Cl2N2O2S. The van der Waals surface area contributed by atoms with E-state index in [1.165, 1.54) is 6.07 Å². The minimum absolute atomic E-state index is 0.101. The second-order valence-corrected chi connectivity index (χ2v) is 9.02. The van der Waals surface area contributed by atoms with Gasteiger partial charge in [-0.1, -0.05) is 60.5 Å². The summed E-state index contributed by atoms with van der Waals surface area (Å²) in [6.45, 7) is 2.09. The number of hydrogen-bond acceptors (Lipinski definition) is 3. The molecule has 2 amide bonds. The number of halogens is 2. The molecule has 1 aliphatic rings.